The fourth-order valence-corrected chi connectivity index (χ4v) is 17.6. The lowest BCUT2D eigenvalue weighted by molar-refractivity contribution is 0.589. The normalized spacial score (nSPS) is 14.4. The maximum atomic E-state index is 12.1. The summed E-state index contributed by atoms with van der Waals surface area (Å²) in [6.45, 7) is 4.55. The molecule has 0 bridgehead atoms. The number of fused-ring (bicyclic) bond motifs is 21. The third kappa shape index (κ3) is 8.87. The molecule has 5 heterocycles. The fourth-order valence-electron chi connectivity index (χ4n) is 17.6. The van der Waals surface area contributed by atoms with Crippen LogP contribution in [-0.2, 0) is 10.8 Å². The maximum absolute atomic E-state index is 12.1. The Kier molecular flexibility index (Phi) is 10.7. The number of rotatable bonds is 7. The number of benzene rings is 16. The van der Waals surface area contributed by atoms with E-state index in [1.165, 1.54) is 4.57 Å². The van der Waals surface area contributed by atoms with Gasteiger partial charge >= 0.3 is 0 Å². The maximum Gasteiger partial charge on any atom is 0.252 e. The van der Waals surface area contributed by atoms with Gasteiger partial charge < -0.3 is 13.7 Å². The second-order valence-electron chi connectivity index (χ2n) is 28.5. The summed E-state index contributed by atoms with van der Waals surface area (Å²) < 4.78 is 155. The monoisotopic (exact) mass is 1350 g/mol. The smallest absolute Gasteiger partial charge is 0.252 e. The molecule has 0 fully saturated rings. The minimum Gasteiger partial charge on any atom is -0.310 e. The van der Waals surface area contributed by atoms with Crippen molar-refractivity contribution < 1.29 is 19.2 Å². The molecule has 4 heteroatoms. The Balaban J connectivity index is 1.17. The van der Waals surface area contributed by atoms with Crippen molar-refractivity contribution in [2.24, 2.45) is 0 Å². The molecule has 0 aliphatic carbocycles. The summed E-state index contributed by atoms with van der Waals surface area (Å²) in [5.41, 5.74) is 5.76. The number of hydrogen-bond acceptors (Lipinski definition) is 0. The molecule has 2 aliphatic rings. The van der Waals surface area contributed by atoms with Crippen LogP contribution >= 0.6 is 0 Å². The Morgan fingerprint density at radius 1 is 0.276 bits per heavy atom. The Morgan fingerprint density at radius 3 is 1.07 bits per heavy atom. The van der Waals surface area contributed by atoms with E-state index in [2.05, 4.69) is 112 Å². The van der Waals surface area contributed by atoms with Crippen LogP contribution in [0.5, 0.6) is 0 Å². The predicted molar refractivity (Wildman–Crippen MR) is 447 cm³/mol. The van der Waals surface area contributed by atoms with Gasteiger partial charge in [0.2, 0.25) is 0 Å². The summed E-state index contributed by atoms with van der Waals surface area (Å²) in [4.78, 5) is 0. The van der Waals surface area contributed by atoms with Crippen LogP contribution in [-0.4, -0.2) is 20.4 Å². The summed E-state index contributed by atoms with van der Waals surface area (Å²) in [6.07, 6.45) is 0. The summed E-state index contributed by atoms with van der Waals surface area (Å²) >= 11 is 0. The zero-order valence-corrected chi connectivity index (χ0v) is 57.6. The van der Waals surface area contributed by atoms with Crippen LogP contribution in [0, 0.1) is 0 Å². The van der Waals surface area contributed by atoms with Gasteiger partial charge in [-0.25, -0.2) is 0 Å². The number of para-hydroxylation sites is 4. The molecule has 105 heavy (non-hydrogen) atoms. The van der Waals surface area contributed by atoms with Crippen molar-refractivity contribution in [1.29, 1.82) is 0 Å². The topological polar surface area (TPSA) is 14.8 Å². The highest BCUT2D eigenvalue weighted by Gasteiger charge is 2.45. The minimum atomic E-state index is -1.49. The van der Waals surface area contributed by atoms with Crippen LogP contribution in [0.2, 0.25) is 0 Å². The van der Waals surface area contributed by atoms with Crippen LogP contribution in [0.25, 0.3) is 148 Å². The first kappa shape index (κ1) is 48.0. The SMILES string of the molecule is [2H]c1c2c3c(c([2H])c1C(C)(C)C)-n1c4c(-c5ccccc5)cccc4c4ccccc4c4ccccc4c4c(C(c5ccccc5)(c5ccccc5)c5ccccc5)c([2H])c([2H])c(c41)B3c1c([2H])c([2H])c(-n3c4c([2H])c([2H])c([2H])c([2H])c4c4c([2H])c([2H])c([2H])c([2H])c43)c3c4ccccc4c4ccccc4c4cccc(-c5ccccc5)c4n-2c13. The lowest BCUT2D eigenvalue weighted by Gasteiger charge is -2.41. The van der Waals surface area contributed by atoms with E-state index in [-0.39, 0.29) is 79.2 Å². The predicted octanol–water partition coefficient (Wildman–Crippen LogP) is 24.0. The molecule has 16 aromatic carbocycles. The van der Waals surface area contributed by atoms with Crippen molar-refractivity contribution >= 4 is 132 Å². The van der Waals surface area contributed by atoms with E-state index in [9.17, 15) is 19.2 Å². The van der Waals surface area contributed by atoms with Crippen LogP contribution in [0.15, 0.2) is 370 Å². The molecule has 19 aromatic rings. The van der Waals surface area contributed by atoms with Crippen molar-refractivity contribution in [2.45, 2.75) is 31.6 Å². The van der Waals surface area contributed by atoms with Gasteiger partial charge in [0.15, 0.2) is 0 Å². The number of nitrogens with zero attached hydrogens (tertiary/aromatic N) is 3. The summed E-state index contributed by atoms with van der Waals surface area (Å²) in [5, 5.41) is 7.30. The molecule has 0 N–H and O–H groups in total. The van der Waals surface area contributed by atoms with Crippen molar-refractivity contribution in [3.63, 3.8) is 0 Å². The van der Waals surface area contributed by atoms with Crippen molar-refractivity contribution in [3.05, 3.63) is 398 Å². The van der Waals surface area contributed by atoms with E-state index in [0.29, 0.717) is 76.7 Å². The molecule has 3 aromatic heterocycles. The first-order valence-corrected chi connectivity index (χ1v) is 35.7. The first-order chi connectivity index (χ1) is 57.7. The molecular formula is C101H70BN3. The molecule has 0 saturated heterocycles. The molecule has 3 nitrogen and oxygen atoms in total. The Morgan fingerprint density at radius 2 is 0.629 bits per heavy atom. The van der Waals surface area contributed by atoms with E-state index in [0.717, 1.165) is 60.3 Å². The third-order valence-electron chi connectivity index (χ3n) is 22.0. The molecule has 0 radical (unpaired) electrons. The molecular weight excluding hydrogens is 1270 g/mol. The number of aromatic nitrogens is 3. The average molecular weight is 1350 g/mol. The Labute approximate surface area is 629 Å². The van der Waals surface area contributed by atoms with Gasteiger partial charge in [-0.15, -0.1) is 0 Å². The van der Waals surface area contributed by atoms with Gasteiger partial charge in [-0.1, -0.05) is 360 Å². The standard InChI is InChI=1S/C101H70BN3/c1-100(2,3)70-63-91-95-92(64-70)105-97-72(66-35-11-5-12-36-66)54-32-56-84(97)78-48-22-20-44-74(78)76-46-24-26-52-82(76)94-90(103-88-57-29-27-49-79(88)80-50-28-30-58-89(80)103)62-61-87(99(94)105)102(95)86-60-59-85(101(67-37-13-6-14-38-67,68-39-15-7-16-40-68)69-41-17-8-18-42-69)93-81-51-25-23-45-75(81)73-43-19-21-47-77(73)83-55-31-53-71(65-33-9-4-10-34-65)96(83)104(91)98(86)93/h4-64H,1-3H3/i27D,28D,29D,30D,49D,50D,57D,58D,59D,60D,61D,62D,63D,64D. The van der Waals surface area contributed by atoms with Gasteiger partial charge in [-0.3, -0.25) is 0 Å². The van der Waals surface area contributed by atoms with Gasteiger partial charge in [0.1, 0.15) is 0 Å². The van der Waals surface area contributed by atoms with Crippen LogP contribution < -0.4 is 16.4 Å². The van der Waals surface area contributed by atoms with Gasteiger partial charge in [0, 0.05) is 60.3 Å². The number of hydrogen-bond donors (Lipinski definition) is 0. The summed E-state index contributed by atoms with van der Waals surface area (Å²) in [7, 11) is 0. The van der Waals surface area contributed by atoms with Crippen LogP contribution in [0.1, 0.15) is 67.8 Å². The van der Waals surface area contributed by atoms with Crippen molar-refractivity contribution in [3.8, 4) is 39.3 Å². The van der Waals surface area contributed by atoms with Gasteiger partial charge in [0.25, 0.3) is 6.71 Å². The van der Waals surface area contributed by atoms with E-state index in [4.69, 9.17) is 0 Å². The molecule has 0 amide bonds. The van der Waals surface area contributed by atoms with Crippen LogP contribution in [0.4, 0.5) is 0 Å². The summed E-state index contributed by atoms with van der Waals surface area (Å²) in [6, 6.07) is 88.6. The summed E-state index contributed by atoms with van der Waals surface area (Å²) in [5.74, 6) is 0. The Bertz CT molecular complexity index is 7700. The third-order valence-corrected chi connectivity index (χ3v) is 22.0. The molecule has 0 saturated carbocycles. The van der Waals surface area contributed by atoms with Crippen molar-refractivity contribution in [1.82, 2.24) is 13.7 Å². The fraction of sp³-hybridized carbons (Fsp3) is 0.0495. The quantitative estimate of drug-likeness (QED) is 0.112. The Hall–Kier alpha value is -13.0. The molecule has 0 atom stereocenters. The highest BCUT2D eigenvalue weighted by atomic mass is 15.0. The average Bonchev–Trinajstić information content (AvgIpc) is 1.48. The molecule has 492 valence electrons. The molecule has 0 unspecified atom stereocenters. The second-order valence-corrected chi connectivity index (χ2v) is 28.5. The first-order valence-electron chi connectivity index (χ1n) is 42.7. The highest BCUT2D eigenvalue weighted by Crippen LogP contribution is 2.52. The molecule has 0 spiro atoms. The van der Waals surface area contributed by atoms with E-state index < -0.39 is 78.0 Å². The van der Waals surface area contributed by atoms with Crippen molar-refractivity contribution in [2.75, 3.05) is 0 Å². The van der Waals surface area contributed by atoms with Gasteiger partial charge in [0.05, 0.1) is 57.9 Å². The minimum absolute atomic E-state index is 0.0241. The molecule has 2 aliphatic heterocycles. The lowest BCUT2D eigenvalue weighted by Crippen LogP contribution is -2.60. The van der Waals surface area contributed by atoms with E-state index in [1.54, 1.807) is 0 Å². The van der Waals surface area contributed by atoms with E-state index >= 15 is 0 Å². The van der Waals surface area contributed by atoms with Crippen LogP contribution in [0.3, 0.4) is 0 Å². The van der Waals surface area contributed by atoms with E-state index in [1.807, 2.05) is 203 Å². The second kappa shape index (κ2) is 23.5. The lowest BCUT2D eigenvalue weighted by atomic mass is 9.34. The zero-order chi connectivity index (χ0) is 81.8. The van der Waals surface area contributed by atoms with Gasteiger partial charge in [-0.2, -0.15) is 0 Å². The largest absolute Gasteiger partial charge is 0.310 e. The highest BCUT2D eigenvalue weighted by molar-refractivity contribution is 7.00. The molecule has 21 rings (SSSR count). The zero-order valence-electron chi connectivity index (χ0n) is 71.6. The van der Waals surface area contributed by atoms with Gasteiger partial charge in [-0.05, 0) is 134 Å².